The second-order valence-corrected chi connectivity index (χ2v) is 7.37. The molecule has 32 heavy (non-hydrogen) atoms. The molecular weight excluding hydrogens is 430 g/mol. The van der Waals surface area contributed by atoms with E-state index in [-0.39, 0.29) is 6.42 Å². The topological polar surface area (TPSA) is 111 Å². The molecule has 7 nitrogen and oxygen atoms in total. The fourth-order valence-electron chi connectivity index (χ4n) is 3.14. The fourth-order valence-corrected chi connectivity index (χ4v) is 3.26. The predicted octanol–water partition coefficient (Wildman–Crippen LogP) is 4.29. The molecule has 4 N–H and O–H groups in total. The molecule has 164 valence electrons. The van der Waals surface area contributed by atoms with Crippen LogP contribution in [0.15, 0.2) is 78.9 Å². The van der Waals surface area contributed by atoms with Gasteiger partial charge in [0.15, 0.2) is 6.61 Å². The molecule has 0 aliphatic rings. The summed E-state index contributed by atoms with van der Waals surface area (Å²) in [6.07, 6.45) is -0.196. The Morgan fingerprint density at radius 1 is 0.906 bits per heavy atom. The number of halogens is 1. The van der Waals surface area contributed by atoms with Crippen LogP contribution >= 0.6 is 11.6 Å². The van der Waals surface area contributed by atoms with Gasteiger partial charge < -0.3 is 21.1 Å². The first-order chi connectivity index (χ1) is 15.4. The number of anilines is 1. The van der Waals surface area contributed by atoms with Gasteiger partial charge in [0.25, 0.3) is 5.91 Å². The van der Waals surface area contributed by atoms with Crippen molar-refractivity contribution in [1.29, 1.82) is 0 Å². The van der Waals surface area contributed by atoms with Crippen molar-refractivity contribution in [1.82, 2.24) is 5.32 Å². The molecule has 0 aromatic heterocycles. The van der Waals surface area contributed by atoms with E-state index < -0.39 is 30.6 Å². The summed E-state index contributed by atoms with van der Waals surface area (Å²) in [5, 5.41) is 5.78. The molecule has 0 saturated heterocycles. The molecule has 1 atom stereocenters. The smallest absolute Gasteiger partial charge is 0.312 e. The molecule has 0 unspecified atom stereocenters. The molecule has 0 radical (unpaired) electrons. The minimum atomic E-state index is -0.784. The Kier molecular flexibility index (Phi) is 7.83. The number of nitrogens with two attached hydrogens (primary N) is 1. The van der Waals surface area contributed by atoms with Gasteiger partial charge >= 0.3 is 12.0 Å². The van der Waals surface area contributed by atoms with Crippen molar-refractivity contribution in [2.24, 2.45) is 5.73 Å². The van der Waals surface area contributed by atoms with E-state index in [2.05, 4.69) is 10.6 Å². The molecule has 0 aliphatic carbocycles. The zero-order valence-electron chi connectivity index (χ0n) is 17.1. The number of amides is 3. The van der Waals surface area contributed by atoms with Gasteiger partial charge in [-0.2, -0.15) is 0 Å². The molecule has 3 aromatic carbocycles. The molecule has 0 bridgehead atoms. The highest BCUT2D eigenvalue weighted by Gasteiger charge is 2.19. The first kappa shape index (κ1) is 22.8. The Hall–Kier alpha value is -3.84. The van der Waals surface area contributed by atoms with Crippen molar-refractivity contribution < 1.29 is 19.1 Å². The molecule has 0 saturated carbocycles. The maximum Gasteiger partial charge on any atom is 0.312 e. The van der Waals surface area contributed by atoms with Crippen molar-refractivity contribution in [2.45, 2.75) is 12.5 Å². The highest BCUT2D eigenvalue weighted by molar-refractivity contribution is 6.30. The summed E-state index contributed by atoms with van der Waals surface area (Å²) in [5.74, 6) is -1.14. The Bertz CT molecular complexity index is 1090. The molecule has 0 heterocycles. The van der Waals surface area contributed by atoms with Crippen LogP contribution in [0.1, 0.15) is 18.0 Å². The number of primary amides is 1. The number of urea groups is 1. The van der Waals surface area contributed by atoms with Gasteiger partial charge in [-0.05, 0) is 29.3 Å². The molecule has 0 aliphatic heterocycles. The van der Waals surface area contributed by atoms with Gasteiger partial charge in [-0.3, -0.25) is 9.59 Å². The third-order valence-electron chi connectivity index (χ3n) is 4.61. The highest BCUT2D eigenvalue weighted by Crippen LogP contribution is 2.27. The van der Waals surface area contributed by atoms with Crippen molar-refractivity contribution in [3.8, 4) is 11.1 Å². The number of esters is 1. The van der Waals surface area contributed by atoms with Gasteiger partial charge in [0, 0.05) is 16.3 Å². The van der Waals surface area contributed by atoms with Crippen LogP contribution in [0.5, 0.6) is 0 Å². The van der Waals surface area contributed by atoms with Crippen LogP contribution in [0.4, 0.5) is 10.5 Å². The summed E-state index contributed by atoms with van der Waals surface area (Å²) in [6.45, 7) is -0.466. The first-order valence-corrected chi connectivity index (χ1v) is 10.2. The number of para-hydroxylation sites is 1. The number of hydrogen-bond acceptors (Lipinski definition) is 4. The number of carbonyl (C=O) groups excluding carboxylic acids is 3. The highest BCUT2D eigenvalue weighted by atomic mass is 35.5. The standard InChI is InChI=1S/C24H22ClN3O4/c25-18-12-10-17(11-13-18)21(28-24(26)31)14-23(30)32-15-22(29)27-20-9-5-4-8-19(20)16-6-2-1-3-7-16/h1-13,21H,14-15H2,(H,27,29)(H3,26,28,31)/t21-/m0/s1. The quantitative estimate of drug-likeness (QED) is 0.443. The maximum atomic E-state index is 12.4. The van der Waals surface area contributed by atoms with Crippen LogP contribution < -0.4 is 16.4 Å². The van der Waals surface area contributed by atoms with Gasteiger partial charge in [0.2, 0.25) is 0 Å². The van der Waals surface area contributed by atoms with E-state index in [1.54, 1.807) is 36.4 Å². The lowest BCUT2D eigenvalue weighted by atomic mass is 10.0. The van der Waals surface area contributed by atoms with Crippen molar-refractivity contribution >= 4 is 35.2 Å². The second kappa shape index (κ2) is 11.0. The number of rotatable bonds is 8. The van der Waals surface area contributed by atoms with E-state index in [1.807, 2.05) is 42.5 Å². The Balaban J connectivity index is 1.59. The number of nitrogens with one attached hydrogen (secondary N) is 2. The third-order valence-corrected chi connectivity index (χ3v) is 4.86. The van der Waals surface area contributed by atoms with Gasteiger partial charge in [-0.1, -0.05) is 72.3 Å². The molecule has 3 aromatic rings. The normalized spacial score (nSPS) is 11.3. The van der Waals surface area contributed by atoms with Crippen LogP contribution in [0.3, 0.4) is 0 Å². The number of benzene rings is 3. The van der Waals surface area contributed by atoms with E-state index >= 15 is 0 Å². The zero-order chi connectivity index (χ0) is 22.9. The predicted molar refractivity (Wildman–Crippen MR) is 123 cm³/mol. The van der Waals surface area contributed by atoms with Crippen LogP contribution in [0.2, 0.25) is 5.02 Å². The molecular formula is C24H22ClN3O4. The summed E-state index contributed by atoms with van der Waals surface area (Å²) >= 11 is 5.88. The minimum Gasteiger partial charge on any atom is -0.455 e. The average Bonchev–Trinajstić information content (AvgIpc) is 2.78. The second-order valence-electron chi connectivity index (χ2n) is 6.94. The fraction of sp³-hybridized carbons (Fsp3) is 0.125. The van der Waals surface area contributed by atoms with Gasteiger partial charge in [-0.15, -0.1) is 0 Å². The number of ether oxygens (including phenoxy) is 1. The monoisotopic (exact) mass is 451 g/mol. The maximum absolute atomic E-state index is 12.4. The molecule has 3 rings (SSSR count). The summed E-state index contributed by atoms with van der Waals surface area (Å²) in [4.78, 5) is 36.0. The largest absolute Gasteiger partial charge is 0.455 e. The summed E-state index contributed by atoms with van der Waals surface area (Å²) in [5.41, 5.74) is 8.25. The summed E-state index contributed by atoms with van der Waals surface area (Å²) < 4.78 is 5.11. The Morgan fingerprint density at radius 3 is 2.25 bits per heavy atom. The minimum absolute atomic E-state index is 0.196. The van der Waals surface area contributed by atoms with Crippen LogP contribution in [-0.4, -0.2) is 24.5 Å². The SMILES string of the molecule is NC(=O)N[C@@H](CC(=O)OCC(=O)Nc1ccccc1-c1ccccc1)c1ccc(Cl)cc1. The Labute approximate surface area is 190 Å². The van der Waals surface area contributed by atoms with Crippen LogP contribution in [0, 0.1) is 0 Å². The molecule has 0 fully saturated rings. The van der Waals surface area contributed by atoms with Gasteiger partial charge in [-0.25, -0.2) is 4.79 Å². The average molecular weight is 452 g/mol. The molecule has 0 spiro atoms. The van der Waals surface area contributed by atoms with Crippen molar-refractivity contribution in [3.05, 3.63) is 89.4 Å². The Morgan fingerprint density at radius 2 is 1.56 bits per heavy atom. The lowest BCUT2D eigenvalue weighted by Crippen LogP contribution is -2.35. The first-order valence-electron chi connectivity index (χ1n) is 9.83. The molecule has 8 heteroatoms. The van der Waals surface area contributed by atoms with Crippen molar-refractivity contribution in [3.63, 3.8) is 0 Å². The van der Waals surface area contributed by atoms with Crippen LogP contribution in [0.25, 0.3) is 11.1 Å². The van der Waals surface area contributed by atoms with Crippen LogP contribution in [-0.2, 0) is 14.3 Å². The van der Waals surface area contributed by atoms with E-state index in [9.17, 15) is 14.4 Å². The molecule has 3 amide bonds. The lowest BCUT2D eigenvalue weighted by molar-refractivity contribution is -0.147. The van der Waals surface area contributed by atoms with E-state index in [0.717, 1.165) is 11.1 Å². The number of hydrogen-bond donors (Lipinski definition) is 3. The number of carbonyl (C=O) groups is 3. The van der Waals surface area contributed by atoms with Crippen molar-refractivity contribution in [2.75, 3.05) is 11.9 Å². The van der Waals surface area contributed by atoms with E-state index in [4.69, 9.17) is 22.1 Å². The van der Waals surface area contributed by atoms with Gasteiger partial charge in [0.1, 0.15) is 0 Å². The van der Waals surface area contributed by atoms with E-state index in [1.165, 1.54) is 0 Å². The van der Waals surface area contributed by atoms with Gasteiger partial charge in [0.05, 0.1) is 12.5 Å². The third kappa shape index (κ3) is 6.58. The zero-order valence-corrected chi connectivity index (χ0v) is 17.8. The summed E-state index contributed by atoms with van der Waals surface area (Å²) in [6, 6.07) is 22.1. The lowest BCUT2D eigenvalue weighted by Gasteiger charge is -2.17. The van der Waals surface area contributed by atoms with E-state index in [0.29, 0.717) is 16.3 Å². The summed E-state index contributed by atoms with van der Waals surface area (Å²) in [7, 11) is 0.